The van der Waals surface area contributed by atoms with Gasteiger partial charge in [-0.15, -0.1) is 0 Å². The molecule has 0 N–H and O–H groups in total. The lowest BCUT2D eigenvalue weighted by atomic mass is 10.2. The summed E-state index contributed by atoms with van der Waals surface area (Å²) in [4.78, 5) is 16.3. The van der Waals surface area contributed by atoms with Crippen molar-refractivity contribution >= 4 is 5.78 Å². The highest BCUT2D eigenvalue weighted by Crippen LogP contribution is 2.31. The van der Waals surface area contributed by atoms with Gasteiger partial charge in [0.2, 0.25) is 11.6 Å². The first-order valence-electron chi connectivity index (χ1n) is 5.78. The fourth-order valence-corrected chi connectivity index (χ4v) is 1.67. The molecular weight excluding hydrogens is 278 g/mol. The van der Waals surface area contributed by atoms with Gasteiger partial charge in [-0.05, 0) is 13.8 Å². The van der Waals surface area contributed by atoms with Crippen LogP contribution < -0.4 is 0 Å². The van der Waals surface area contributed by atoms with Crippen LogP contribution in [0, 0.1) is 0 Å². The third-order valence-corrected chi connectivity index (χ3v) is 2.39. The predicted molar refractivity (Wildman–Crippen MR) is 64.8 cm³/mol. The van der Waals surface area contributed by atoms with Gasteiger partial charge in [-0.25, -0.2) is 9.37 Å². The van der Waals surface area contributed by atoms with Crippen LogP contribution in [0.4, 0.5) is 17.6 Å². The number of rotatable bonds is 4. The van der Waals surface area contributed by atoms with Crippen LogP contribution in [-0.4, -0.2) is 34.3 Å². The zero-order valence-corrected chi connectivity index (χ0v) is 11.5. The molecule has 0 amide bonds. The van der Waals surface area contributed by atoms with E-state index in [2.05, 4.69) is 4.98 Å². The number of carbonyl (C=O) groups excluding carboxylic acids is 1. The fourth-order valence-electron chi connectivity index (χ4n) is 1.67. The molecule has 0 aromatic carbocycles. The summed E-state index contributed by atoms with van der Waals surface area (Å²) in [6, 6.07) is -0.680. The number of hydrogen-bond donors (Lipinski definition) is 0. The lowest BCUT2D eigenvalue weighted by molar-refractivity contribution is -0.147. The number of nitrogens with zero attached hydrogens (tertiary/aromatic N) is 3. The molecule has 1 aromatic rings. The minimum absolute atomic E-state index is 0.428. The van der Waals surface area contributed by atoms with Crippen molar-refractivity contribution in [2.24, 2.45) is 0 Å². The Kier molecular flexibility index (Phi) is 4.57. The third kappa shape index (κ3) is 3.37. The number of carbonyl (C=O) groups is 1. The Morgan fingerprint density at radius 3 is 2.35 bits per heavy atom. The van der Waals surface area contributed by atoms with Crippen molar-refractivity contribution < 1.29 is 22.4 Å². The minimum atomic E-state index is -4.70. The number of Topliss-reactive ketones (excluding diaryl/α,β-unsaturated/α-hetero) is 1. The maximum atomic E-state index is 13.6. The van der Waals surface area contributed by atoms with Gasteiger partial charge >= 0.3 is 6.18 Å². The zero-order chi connectivity index (χ0) is 15.7. The molecule has 0 radical (unpaired) electrons. The topological polar surface area (TPSA) is 38.1 Å². The standard InChI is InChI=1S/C12H15F4N3O/c1-7(2)19-9(5-17-11(19)12(14,15)16)10(20)8(13)6-18(3)4/h5-7H,1-4H3/b8-6-. The van der Waals surface area contributed by atoms with Crippen molar-refractivity contribution in [1.29, 1.82) is 0 Å². The van der Waals surface area contributed by atoms with Gasteiger partial charge in [0.25, 0.3) is 0 Å². The maximum Gasteiger partial charge on any atom is 0.449 e. The molecule has 0 spiro atoms. The van der Waals surface area contributed by atoms with Crippen molar-refractivity contribution in [3.8, 4) is 0 Å². The first-order valence-corrected chi connectivity index (χ1v) is 5.78. The first-order chi connectivity index (χ1) is 9.05. The molecule has 4 nitrogen and oxygen atoms in total. The number of imidazole rings is 1. The molecule has 0 fully saturated rings. The SMILES string of the molecule is CC(C)n1c(C(=O)/C(F)=C/N(C)C)cnc1C(F)(F)F. The van der Waals surface area contributed by atoms with Crippen LogP contribution in [0.15, 0.2) is 18.2 Å². The Balaban J connectivity index is 3.34. The van der Waals surface area contributed by atoms with E-state index in [4.69, 9.17) is 0 Å². The maximum absolute atomic E-state index is 13.6. The lowest BCUT2D eigenvalue weighted by Crippen LogP contribution is -2.20. The van der Waals surface area contributed by atoms with Crippen molar-refractivity contribution in [3.05, 3.63) is 29.7 Å². The van der Waals surface area contributed by atoms with Gasteiger partial charge in [0.15, 0.2) is 5.83 Å². The molecule has 112 valence electrons. The summed E-state index contributed by atoms with van der Waals surface area (Å²) in [7, 11) is 2.99. The van der Waals surface area contributed by atoms with E-state index in [0.29, 0.717) is 4.57 Å². The van der Waals surface area contributed by atoms with Gasteiger partial charge < -0.3 is 9.47 Å². The van der Waals surface area contributed by atoms with E-state index in [1.165, 1.54) is 32.8 Å². The molecule has 0 unspecified atom stereocenters. The molecular formula is C12H15F4N3O. The van der Waals surface area contributed by atoms with Gasteiger partial charge in [0, 0.05) is 26.3 Å². The van der Waals surface area contributed by atoms with E-state index in [1.54, 1.807) is 0 Å². The van der Waals surface area contributed by atoms with Gasteiger partial charge in [0.1, 0.15) is 5.69 Å². The monoisotopic (exact) mass is 293 g/mol. The van der Waals surface area contributed by atoms with Crippen molar-refractivity contribution in [3.63, 3.8) is 0 Å². The molecule has 0 atom stereocenters. The first kappa shape index (κ1) is 16.2. The number of allylic oxidation sites excluding steroid dienone is 1. The summed E-state index contributed by atoms with van der Waals surface area (Å²) >= 11 is 0. The van der Waals surface area contributed by atoms with E-state index in [0.717, 1.165) is 12.4 Å². The van der Waals surface area contributed by atoms with Gasteiger partial charge in [-0.3, -0.25) is 4.79 Å². The van der Waals surface area contributed by atoms with E-state index in [9.17, 15) is 22.4 Å². The minimum Gasteiger partial charge on any atom is -0.381 e. The molecule has 1 aromatic heterocycles. The predicted octanol–water partition coefficient (Wildman–Crippen LogP) is 3.04. The summed E-state index contributed by atoms with van der Waals surface area (Å²) in [6.45, 7) is 2.92. The average Bonchev–Trinajstić information content (AvgIpc) is 2.70. The third-order valence-electron chi connectivity index (χ3n) is 2.39. The van der Waals surface area contributed by atoms with Gasteiger partial charge in [-0.1, -0.05) is 0 Å². The number of alkyl halides is 3. The number of ketones is 1. The number of aromatic nitrogens is 2. The number of hydrogen-bond acceptors (Lipinski definition) is 3. The Morgan fingerprint density at radius 2 is 1.95 bits per heavy atom. The van der Waals surface area contributed by atoms with Crippen molar-refractivity contribution in [2.75, 3.05) is 14.1 Å². The Bertz CT molecular complexity index is 529. The summed E-state index contributed by atoms with van der Waals surface area (Å²) < 4.78 is 52.7. The Hall–Kier alpha value is -1.86. The van der Waals surface area contributed by atoms with Crippen LogP contribution in [0.1, 0.15) is 36.2 Å². The summed E-state index contributed by atoms with van der Waals surface area (Å²) in [6.07, 6.45) is -3.06. The molecule has 8 heteroatoms. The second-order valence-electron chi connectivity index (χ2n) is 4.70. The van der Waals surface area contributed by atoms with E-state index >= 15 is 0 Å². The van der Waals surface area contributed by atoms with E-state index < -0.39 is 35.3 Å². The number of halogens is 4. The van der Waals surface area contributed by atoms with Crippen LogP contribution in [0.5, 0.6) is 0 Å². The molecule has 0 bridgehead atoms. The second-order valence-corrected chi connectivity index (χ2v) is 4.70. The van der Waals surface area contributed by atoms with E-state index in [-0.39, 0.29) is 0 Å². The largest absolute Gasteiger partial charge is 0.449 e. The van der Waals surface area contributed by atoms with Crippen LogP contribution in [0.25, 0.3) is 0 Å². The van der Waals surface area contributed by atoms with Gasteiger partial charge in [0.05, 0.1) is 6.20 Å². The smallest absolute Gasteiger partial charge is 0.381 e. The van der Waals surface area contributed by atoms with Crippen LogP contribution >= 0.6 is 0 Å². The highest BCUT2D eigenvalue weighted by Gasteiger charge is 2.39. The fraction of sp³-hybridized carbons (Fsp3) is 0.500. The Labute approximate surface area is 113 Å². The molecule has 0 aliphatic heterocycles. The van der Waals surface area contributed by atoms with E-state index in [1.807, 2.05) is 0 Å². The van der Waals surface area contributed by atoms with Crippen LogP contribution in [-0.2, 0) is 6.18 Å². The van der Waals surface area contributed by atoms with Crippen LogP contribution in [0.3, 0.4) is 0 Å². The summed E-state index contributed by atoms with van der Waals surface area (Å²) in [5.74, 6) is -3.49. The zero-order valence-electron chi connectivity index (χ0n) is 11.5. The van der Waals surface area contributed by atoms with Crippen molar-refractivity contribution in [2.45, 2.75) is 26.1 Å². The molecule has 0 aliphatic rings. The highest BCUT2D eigenvalue weighted by atomic mass is 19.4. The molecule has 20 heavy (non-hydrogen) atoms. The lowest BCUT2D eigenvalue weighted by Gasteiger charge is -2.16. The summed E-state index contributed by atoms with van der Waals surface area (Å²) in [5, 5.41) is 0. The average molecular weight is 293 g/mol. The molecule has 1 rings (SSSR count). The van der Waals surface area contributed by atoms with Gasteiger partial charge in [-0.2, -0.15) is 13.2 Å². The molecule has 0 saturated carbocycles. The Morgan fingerprint density at radius 1 is 1.40 bits per heavy atom. The normalized spacial score (nSPS) is 12.9. The highest BCUT2D eigenvalue weighted by molar-refractivity contribution is 6.05. The molecule has 1 heterocycles. The van der Waals surface area contributed by atoms with Crippen molar-refractivity contribution in [1.82, 2.24) is 14.5 Å². The second kappa shape index (κ2) is 5.64. The quantitative estimate of drug-likeness (QED) is 0.486. The van der Waals surface area contributed by atoms with Crippen LogP contribution in [0.2, 0.25) is 0 Å². The molecule has 0 aliphatic carbocycles. The summed E-state index contributed by atoms with van der Waals surface area (Å²) in [5.41, 5.74) is -0.428. The molecule has 0 saturated heterocycles.